The Morgan fingerprint density at radius 3 is 2.65 bits per heavy atom. The van der Waals surface area contributed by atoms with Gasteiger partial charge in [0.2, 0.25) is 0 Å². The molecular weight excluding hydrogens is 317 g/mol. The second kappa shape index (κ2) is 6.55. The van der Waals surface area contributed by atoms with Crippen molar-refractivity contribution in [2.75, 3.05) is 6.61 Å². The van der Waals surface area contributed by atoms with Gasteiger partial charge in [0.15, 0.2) is 0 Å². The maximum absolute atomic E-state index is 12.5. The van der Waals surface area contributed by atoms with Crippen LogP contribution in [0.15, 0.2) is 29.7 Å². The first-order valence-electron chi connectivity index (χ1n) is 6.80. The first-order valence-corrected chi connectivity index (χ1v) is 6.80. The number of pyridine rings is 1. The number of aromatic nitrogens is 1. The predicted molar refractivity (Wildman–Crippen MR) is 72.0 cm³/mol. The highest BCUT2D eigenvalue weighted by Gasteiger charge is 2.35. The number of aliphatic hydroxyl groups excluding tert-OH is 2. The molecule has 0 aromatic carbocycles. The van der Waals surface area contributed by atoms with Gasteiger partial charge in [0, 0.05) is 18.7 Å². The molecule has 2 atom stereocenters. The van der Waals surface area contributed by atoms with Gasteiger partial charge in [-0.05, 0) is 18.6 Å². The quantitative estimate of drug-likeness (QED) is 0.732. The van der Waals surface area contributed by atoms with Crippen LogP contribution in [0.4, 0.5) is 13.2 Å². The zero-order valence-corrected chi connectivity index (χ0v) is 12.1. The lowest BCUT2D eigenvalue weighted by Crippen LogP contribution is -2.42. The summed E-state index contributed by atoms with van der Waals surface area (Å²) in [5.41, 5.74) is -1.00. The van der Waals surface area contributed by atoms with E-state index in [1.165, 1.54) is 6.07 Å². The van der Waals surface area contributed by atoms with Gasteiger partial charge in [-0.1, -0.05) is 6.07 Å². The number of carbonyl (C=O) groups is 1. The summed E-state index contributed by atoms with van der Waals surface area (Å²) in [5, 5.41) is 22.5. The Kier molecular flexibility index (Phi) is 4.90. The van der Waals surface area contributed by atoms with E-state index in [-0.39, 0.29) is 24.4 Å². The standard InChI is InChI=1S/C14H15F3N2O4/c1-2-23-13(22)11-9(20)5-8(19-12(11)21)7-3-4-10(18-6-7)14(15,16)17/h3-4,6,8,12,19-21H,2,5H2,1H3. The second-order valence-electron chi connectivity index (χ2n) is 4.88. The van der Waals surface area contributed by atoms with E-state index in [9.17, 15) is 28.2 Å². The van der Waals surface area contributed by atoms with Crippen molar-refractivity contribution in [3.8, 4) is 0 Å². The number of rotatable bonds is 3. The number of carbonyl (C=O) groups excluding carboxylic acids is 1. The largest absolute Gasteiger partial charge is 0.512 e. The number of nitrogens with one attached hydrogen (secondary N) is 1. The van der Waals surface area contributed by atoms with Crippen molar-refractivity contribution in [1.29, 1.82) is 0 Å². The first-order chi connectivity index (χ1) is 10.7. The Bertz CT molecular complexity index is 613. The maximum Gasteiger partial charge on any atom is 0.433 e. The van der Waals surface area contributed by atoms with Gasteiger partial charge in [0.05, 0.1) is 6.61 Å². The molecule has 1 aromatic heterocycles. The molecule has 126 valence electrons. The molecule has 0 aliphatic carbocycles. The summed E-state index contributed by atoms with van der Waals surface area (Å²) in [6, 6.07) is 1.33. The van der Waals surface area contributed by atoms with E-state index in [2.05, 4.69) is 10.3 Å². The second-order valence-corrected chi connectivity index (χ2v) is 4.88. The molecule has 2 rings (SSSR count). The van der Waals surface area contributed by atoms with Crippen LogP contribution in [-0.4, -0.2) is 34.0 Å². The van der Waals surface area contributed by atoms with Crippen molar-refractivity contribution >= 4 is 5.97 Å². The van der Waals surface area contributed by atoms with Crippen LogP contribution in [0.1, 0.15) is 30.6 Å². The molecule has 2 heterocycles. The van der Waals surface area contributed by atoms with Crippen LogP contribution in [0.3, 0.4) is 0 Å². The van der Waals surface area contributed by atoms with E-state index in [4.69, 9.17) is 4.74 Å². The number of alkyl halides is 3. The fourth-order valence-electron chi connectivity index (χ4n) is 2.23. The molecule has 0 saturated carbocycles. The highest BCUT2D eigenvalue weighted by Crippen LogP contribution is 2.31. The smallest absolute Gasteiger partial charge is 0.433 e. The fraction of sp³-hybridized carbons (Fsp3) is 0.429. The summed E-state index contributed by atoms with van der Waals surface area (Å²) in [5.74, 6) is -1.23. The van der Waals surface area contributed by atoms with Crippen molar-refractivity contribution < 1.29 is 32.9 Å². The van der Waals surface area contributed by atoms with Crippen LogP contribution in [-0.2, 0) is 15.7 Å². The van der Waals surface area contributed by atoms with E-state index in [1.807, 2.05) is 0 Å². The van der Waals surface area contributed by atoms with Crippen molar-refractivity contribution in [2.45, 2.75) is 31.8 Å². The first kappa shape index (κ1) is 17.2. The molecule has 1 aromatic rings. The van der Waals surface area contributed by atoms with Gasteiger partial charge in [-0.25, -0.2) is 4.79 Å². The number of nitrogens with zero attached hydrogens (tertiary/aromatic N) is 1. The minimum absolute atomic E-state index is 0.0780. The van der Waals surface area contributed by atoms with Crippen LogP contribution < -0.4 is 5.32 Å². The minimum atomic E-state index is -4.54. The van der Waals surface area contributed by atoms with Crippen LogP contribution in [0.25, 0.3) is 0 Å². The summed E-state index contributed by atoms with van der Waals surface area (Å²) < 4.78 is 42.2. The normalized spacial score (nSPS) is 22.1. The third kappa shape index (κ3) is 3.80. The van der Waals surface area contributed by atoms with Crippen molar-refractivity contribution in [3.63, 3.8) is 0 Å². The fourth-order valence-corrected chi connectivity index (χ4v) is 2.23. The van der Waals surface area contributed by atoms with E-state index in [1.54, 1.807) is 6.92 Å². The van der Waals surface area contributed by atoms with Gasteiger partial charge < -0.3 is 14.9 Å². The monoisotopic (exact) mass is 332 g/mol. The molecular formula is C14H15F3N2O4. The van der Waals surface area contributed by atoms with Gasteiger partial charge in [-0.2, -0.15) is 13.2 Å². The zero-order valence-electron chi connectivity index (χ0n) is 12.1. The van der Waals surface area contributed by atoms with E-state index in [0.717, 1.165) is 12.3 Å². The summed E-state index contributed by atoms with van der Waals surface area (Å²) in [7, 11) is 0. The number of esters is 1. The molecule has 2 unspecified atom stereocenters. The van der Waals surface area contributed by atoms with E-state index < -0.39 is 30.1 Å². The minimum Gasteiger partial charge on any atom is -0.512 e. The van der Waals surface area contributed by atoms with Gasteiger partial charge in [0.25, 0.3) is 0 Å². The van der Waals surface area contributed by atoms with Crippen LogP contribution in [0.5, 0.6) is 0 Å². The zero-order chi connectivity index (χ0) is 17.2. The lowest BCUT2D eigenvalue weighted by atomic mass is 9.96. The predicted octanol–water partition coefficient (Wildman–Crippen LogP) is 1.83. The highest BCUT2D eigenvalue weighted by molar-refractivity contribution is 5.90. The molecule has 0 amide bonds. The molecule has 23 heavy (non-hydrogen) atoms. The van der Waals surface area contributed by atoms with Crippen molar-refractivity contribution in [2.24, 2.45) is 0 Å². The summed E-state index contributed by atoms with van der Waals surface area (Å²) in [4.78, 5) is 15.0. The van der Waals surface area contributed by atoms with Crippen LogP contribution >= 0.6 is 0 Å². The van der Waals surface area contributed by atoms with E-state index >= 15 is 0 Å². The van der Waals surface area contributed by atoms with Crippen LogP contribution in [0, 0.1) is 0 Å². The highest BCUT2D eigenvalue weighted by atomic mass is 19.4. The van der Waals surface area contributed by atoms with E-state index in [0.29, 0.717) is 5.56 Å². The Balaban J connectivity index is 2.20. The molecule has 6 nitrogen and oxygen atoms in total. The topological polar surface area (TPSA) is 91.7 Å². The molecule has 9 heteroatoms. The lowest BCUT2D eigenvalue weighted by molar-refractivity contribution is -0.142. The lowest BCUT2D eigenvalue weighted by Gasteiger charge is -2.29. The third-order valence-corrected chi connectivity index (χ3v) is 3.32. The molecule has 0 saturated heterocycles. The van der Waals surface area contributed by atoms with Gasteiger partial charge in [-0.15, -0.1) is 0 Å². The van der Waals surface area contributed by atoms with Gasteiger partial charge in [-0.3, -0.25) is 10.3 Å². The molecule has 0 spiro atoms. The Labute approximate surface area is 129 Å². The SMILES string of the molecule is CCOC(=O)C1=C(O)CC(c2ccc(C(F)(F)F)nc2)NC1O. The molecule has 1 aliphatic rings. The number of ether oxygens (including phenoxy) is 1. The van der Waals surface area contributed by atoms with Crippen molar-refractivity contribution in [1.82, 2.24) is 10.3 Å². The third-order valence-electron chi connectivity index (χ3n) is 3.32. The van der Waals surface area contributed by atoms with Crippen LogP contribution in [0.2, 0.25) is 0 Å². The average molecular weight is 332 g/mol. The number of hydrogen-bond acceptors (Lipinski definition) is 6. The molecule has 3 N–H and O–H groups in total. The summed E-state index contributed by atoms with van der Waals surface area (Å²) >= 11 is 0. The Hall–Kier alpha value is -2.13. The Morgan fingerprint density at radius 1 is 1.48 bits per heavy atom. The maximum atomic E-state index is 12.5. The van der Waals surface area contributed by atoms with Crippen molar-refractivity contribution in [3.05, 3.63) is 40.9 Å². The molecule has 0 radical (unpaired) electrons. The molecule has 1 aliphatic heterocycles. The number of hydrogen-bond donors (Lipinski definition) is 3. The van der Waals surface area contributed by atoms with Gasteiger partial charge in [0.1, 0.15) is 23.3 Å². The number of halogens is 3. The average Bonchev–Trinajstić information content (AvgIpc) is 2.46. The Morgan fingerprint density at radius 2 is 2.17 bits per heavy atom. The number of aliphatic hydroxyl groups is 2. The summed E-state index contributed by atoms with van der Waals surface area (Å²) in [6.07, 6.45) is -5.11. The summed E-state index contributed by atoms with van der Waals surface area (Å²) in [6.45, 7) is 1.66. The molecule has 0 bridgehead atoms. The van der Waals surface area contributed by atoms with Gasteiger partial charge >= 0.3 is 12.1 Å². The molecule has 0 fully saturated rings.